The van der Waals surface area contributed by atoms with Gasteiger partial charge in [-0.1, -0.05) is 35.1 Å². The van der Waals surface area contributed by atoms with Crippen molar-refractivity contribution in [3.05, 3.63) is 70.5 Å². The van der Waals surface area contributed by atoms with Crippen molar-refractivity contribution in [2.75, 3.05) is 24.4 Å². The molecule has 0 aliphatic heterocycles. The van der Waals surface area contributed by atoms with E-state index in [1.165, 1.54) is 13.2 Å². The van der Waals surface area contributed by atoms with Crippen LogP contribution in [0.3, 0.4) is 0 Å². The molecule has 2 heterocycles. The van der Waals surface area contributed by atoms with Crippen molar-refractivity contribution in [3.8, 4) is 17.7 Å². The van der Waals surface area contributed by atoms with E-state index in [0.29, 0.717) is 21.0 Å². The molecule has 2 aromatic carbocycles. The molecule has 0 saturated heterocycles. The maximum atomic E-state index is 14.7. The first-order chi connectivity index (χ1) is 18.1. The summed E-state index contributed by atoms with van der Waals surface area (Å²) in [6, 6.07) is 14.2. The third kappa shape index (κ3) is 6.06. The first-order valence-corrected chi connectivity index (χ1v) is 12.4. The van der Waals surface area contributed by atoms with Crippen molar-refractivity contribution in [1.82, 2.24) is 9.97 Å². The number of pyridine rings is 1. The molecule has 9 nitrogen and oxygen atoms in total. The van der Waals surface area contributed by atoms with Gasteiger partial charge < -0.3 is 14.8 Å². The summed E-state index contributed by atoms with van der Waals surface area (Å²) in [5.74, 6) is -1.47. The number of fused-ring (bicyclic) bond motifs is 1. The topological polar surface area (TPSA) is 126 Å². The van der Waals surface area contributed by atoms with Gasteiger partial charge in [0.15, 0.2) is 5.13 Å². The zero-order chi connectivity index (χ0) is 27.4. The summed E-state index contributed by atoms with van der Waals surface area (Å²) in [6.07, 6.45) is 0. The lowest BCUT2D eigenvalue weighted by Crippen LogP contribution is -2.17. The molecule has 0 aliphatic carbocycles. The van der Waals surface area contributed by atoms with Crippen LogP contribution in [-0.4, -0.2) is 35.5 Å². The smallest absolute Gasteiger partial charge is 0.255 e. The largest absolute Gasteiger partial charge is 0.437 e. The Bertz CT molecular complexity index is 1580. The van der Waals surface area contributed by atoms with Crippen LogP contribution in [0, 0.1) is 17.1 Å². The Morgan fingerprint density at radius 3 is 2.68 bits per heavy atom. The fourth-order valence-corrected chi connectivity index (χ4v) is 4.36. The Morgan fingerprint density at radius 2 is 1.95 bits per heavy atom. The number of anilines is 2. The molecule has 4 aromatic rings. The highest BCUT2D eigenvalue weighted by atomic mass is 35.5. The van der Waals surface area contributed by atoms with Crippen molar-refractivity contribution in [2.45, 2.75) is 19.3 Å². The van der Waals surface area contributed by atoms with E-state index in [0.717, 1.165) is 17.4 Å². The van der Waals surface area contributed by atoms with Gasteiger partial charge in [-0.15, -0.1) is 0 Å². The highest BCUT2D eigenvalue weighted by molar-refractivity contribution is 7.21. The van der Waals surface area contributed by atoms with Crippen LogP contribution >= 0.6 is 22.9 Å². The predicted molar refractivity (Wildman–Crippen MR) is 142 cm³/mol. The van der Waals surface area contributed by atoms with Gasteiger partial charge in [-0.2, -0.15) is 5.26 Å². The maximum Gasteiger partial charge on any atom is 0.255 e. The Morgan fingerprint density at radius 1 is 1.16 bits per heavy atom. The summed E-state index contributed by atoms with van der Waals surface area (Å²) < 4.78 is 25.2. The van der Waals surface area contributed by atoms with Crippen LogP contribution in [0.2, 0.25) is 5.02 Å². The van der Waals surface area contributed by atoms with Crippen LogP contribution < -0.4 is 15.4 Å². The van der Waals surface area contributed by atoms with Crippen molar-refractivity contribution in [3.63, 3.8) is 0 Å². The monoisotopic (exact) mass is 553 g/mol. The molecule has 0 fully saturated rings. The summed E-state index contributed by atoms with van der Waals surface area (Å²) in [5.41, 5.74) is 0.495. The molecule has 0 aliphatic rings. The number of carbonyl (C=O) groups excluding carboxylic acids is 2. The molecule has 0 radical (unpaired) electrons. The second kappa shape index (κ2) is 11.1. The van der Waals surface area contributed by atoms with Crippen LogP contribution in [-0.2, 0) is 14.9 Å². The fourth-order valence-electron chi connectivity index (χ4n) is 3.32. The number of hydrogen-bond acceptors (Lipinski definition) is 8. The van der Waals surface area contributed by atoms with Crippen LogP contribution in [0.15, 0.2) is 48.5 Å². The summed E-state index contributed by atoms with van der Waals surface area (Å²) in [7, 11) is 1.41. The number of carbonyl (C=O) groups is 2. The molecule has 2 N–H and O–H groups in total. The van der Waals surface area contributed by atoms with Crippen LogP contribution in [0.4, 0.5) is 15.2 Å². The molecule has 4 rings (SSSR count). The minimum atomic E-state index is -0.800. The number of methoxy groups -OCH3 is 1. The number of benzene rings is 2. The van der Waals surface area contributed by atoms with E-state index in [4.69, 9.17) is 21.1 Å². The van der Waals surface area contributed by atoms with E-state index in [1.54, 1.807) is 50.2 Å². The van der Waals surface area contributed by atoms with Gasteiger partial charge in [-0.05, 0) is 43.7 Å². The van der Waals surface area contributed by atoms with Crippen LogP contribution in [0.25, 0.3) is 10.3 Å². The third-order valence-electron chi connectivity index (χ3n) is 5.36. The highest BCUT2D eigenvalue weighted by Crippen LogP contribution is 2.35. The number of nitriles is 1. The lowest BCUT2D eigenvalue weighted by Gasteiger charge is -2.17. The lowest BCUT2D eigenvalue weighted by molar-refractivity contribution is -0.119. The summed E-state index contributed by atoms with van der Waals surface area (Å²) >= 11 is 7.33. The highest BCUT2D eigenvalue weighted by Gasteiger charge is 2.21. The molecule has 194 valence electrons. The van der Waals surface area contributed by atoms with Gasteiger partial charge in [0.1, 0.15) is 28.5 Å². The van der Waals surface area contributed by atoms with Gasteiger partial charge in [0.05, 0.1) is 22.2 Å². The molecule has 0 unspecified atom stereocenters. The van der Waals surface area contributed by atoms with Crippen molar-refractivity contribution >= 4 is 55.9 Å². The van der Waals surface area contributed by atoms with Gasteiger partial charge in [-0.25, -0.2) is 14.4 Å². The SMILES string of the molecule is COCC(=O)Nc1nc2ccc(Oc3cc(NC(=O)c4cccc(C(C)(C)C#N)c4)c(F)cc3Cl)nc2s1. The van der Waals surface area contributed by atoms with E-state index in [9.17, 15) is 19.2 Å². The van der Waals surface area contributed by atoms with Gasteiger partial charge in [0.25, 0.3) is 11.8 Å². The first kappa shape index (κ1) is 26.9. The summed E-state index contributed by atoms with van der Waals surface area (Å²) in [4.78, 5) is 33.7. The minimum Gasteiger partial charge on any atom is -0.437 e. The molecule has 38 heavy (non-hydrogen) atoms. The van der Waals surface area contributed by atoms with Crippen LogP contribution in [0.5, 0.6) is 11.6 Å². The Hall–Kier alpha value is -4.11. The molecule has 0 spiro atoms. The predicted octanol–water partition coefficient (Wildman–Crippen LogP) is 5.91. The summed E-state index contributed by atoms with van der Waals surface area (Å²) in [5, 5.41) is 14.8. The molecule has 2 amide bonds. The number of hydrogen-bond donors (Lipinski definition) is 2. The second-order valence-corrected chi connectivity index (χ2v) is 9.99. The standard InChI is InChI=1S/C26H21ClFN5O4S/c1-26(2,13-29)15-6-4-5-14(9-15)23(35)30-19-11-20(16(27)10-17(19)28)37-22-8-7-18-24(33-22)38-25(31-18)32-21(34)12-36-3/h4-11H,12H2,1-3H3,(H,30,35)(H,31,32,34). The molecule has 0 saturated carbocycles. The zero-order valence-corrected chi connectivity index (χ0v) is 22.0. The number of nitrogens with one attached hydrogen (secondary N) is 2. The Labute approximate surface area is 226 Å². The van der Waals surface area contributed by atoms with Gasteiger partial charge in [0, 0.05) is 24.8 Å². The molecule has 2 aromatic heterocycles. The number of halogens is 2. The molecular formula is C26H21ClFN5O4S. The van der Waals surface area contributed by atoms with E-state index >= 15 is 0 Å². The van der Waals surface area contributed by atoms with Crippen molar-refractivity contribution < 1.29 is 23.5 Å². The second-order valence-electron chi connectivity index (χ2n) is 8.61. The number of rotatable bonds is 8. The van der Waals surface area contributed by atoms with Crippen molar-refractivity contribution in [2.24, 2.45) is 0 Å². The average molecular weight is 554 g/mol. The molecule has 0 atom stereocenters. The third-order valence-corrected chi connectivity index (χ3v) is 6.54. The molecule has 12 heteroatoms. The Kier molecular flexibility index (Phi) is 7.87. The minimum absolute atomic E-state index is 0.0306. The van der Waals surface area contributed by atoms with Gasteiger partial charge >= 0.3 is 0 Å². The van der Waals surface area contributed by atoms with Crippen molar-refractivity contribution in [1.29, 1.82) is 5.26 Å². The number of nitrogens with zero attached hydrogens (tertiary/aromatic N) is 3. The zero-order valence-electron chi connectivity index (χ0n) is 20.5. The number of thiazole rings is 1. The Balaban J connectivity index is 1.55. The normalized spacial score (nSPS) is 11.2. The van der Waals surface area contributed by atoms with Gasteiger partial charge in [0.2, 0.25) is 5.88 Å². The number of aromatic nitrogens is 2. The van der Waals surface area contributed by atoms with E-state index in [2.05, 4.69) is 26.7 Å². The lowest BCUT2D eigenvalue weighted by atomic mass is 9.85. The van der Waals surface area contributed by atoms with E-state index in [1.807, 2.05) is 0 Å². The summed E-state index contributed by atoms with van der Waals surface area (Å²) in [6.45, 7) is 3.37. The van der Waals surface area contributed by atoms with E-state index < -0.39 is 17.1 Å². The van der Waals surface area contributed by atoms with E-state index in [-0.39, 0.29) is 40.4 Å². The molecule has 0 bridgehead atoms. The van der Waals surface area contributed by atoms with Crippen LogP contribution in [0.1, 0.15) is 29.8 Å². The number of ether oxygens (including phenoxy) is 2. The number of amides is 2. The molecular weight excluding hydrogens is 533 g/mol. The fraction of sp³-hybridized carbons (Fsp3) is 0.192. The first-order valence-electron chi connectivity index (χ1n) is 11.2. The average Bonchev–Trinajstić information content (AvgIpc) is 3.28. The maximum absolute atomic E-state index is 14.7. The van der Waals surface area contributed by atoms with Gasteiger partial charge in [-0.3, -0.25) is 14.9 Å². The quantitative estimate of drug-likeness (QED) is 0.277.